The molecule has 0 radical (unpaired) electrons. The Balaban J connectivity index is 1.59. The maximum absolute atomic E-state index is 15.2. The smallest absolute Gasteiger partial charge is 0.264 e. The van der Waals surface area contributed by atoms with E-state index in [2.05, 4.69) is 5.32 Å². The average molecular weight is 656 g/mol. The Kier molecular flexibility index (Phi) is 11.1. The lowest BCUT2D eigenvalue weighted by Gasteiger charge is -2.35. The molecule has 2 amide bonds. The molecular weight excluding hydrogens is 614 g/mol. The van der Waals surface area contributed by atoms with Gasteiger partial charge in [0.05, 0.1) is 10.6 Å². The van der Waals surface area contributed by atoms with Gasteiger partial charge in [0.2, 0.25) is 11.8 Å². The second-order valence-electron chi connectivity index (χ2n) is 12.3. The van der Waals surface area contributed by atoms with Crippen LogP contribution in [0.5, 0.6) is 0 Å². The van der Waals surface area contributed by atoms with Crippen LogP contribution in [0.4, 0.5) is 10.1 Å². The van der Waals surface area contributed by atoms with Gasteiger partial charge in [-0.2, -0.15) is 0 Å². The first-order valence-electron chi connectivity index (χ1n) is 16.2. The zero-order valence-corrected chi connectivity index (χ0v) is 27.8. The molecule has 4 aromatic carbocycles. The van der Waals surface area contributed by atoms with E-state index in [1.54, 1.807) is 49.4 Å². The van der Waals surface area contributed by atoms with E-state index in [1.807, 2.05) is 49.4 Å². The summed E-state index contributed by atoms with van der Waals surface area (Å²) in [7, 11) is -4.22. The quantitative estimate of drug-likeness (QED) is 0.184. The van der Waals surface area contributed by atoms with Crippen molar-refractivity contribution in [3.05, 3.63) is 131 Å². The predicted molar refractivity (Wildman–Crippen MR) is 183 cm³/mol. The fraction of sp³-hybridized carbons (Fsp3) is 0.316. The first-order valence-corrected chi connectivity index (χ1v) is 17.6. The summed E-state index contributed by atoms with van der Waals surface area (Å²) >= 11 is 0. The van der Waals surface area contributed by atoms with Gasteiger partial charge in [-0.15, -0.1) is 0 Å². The van der Waals surface area contributed by atoms with Gasteiger partial charge in [0.25, 0.3) is 10.0 Å². The largest absolute Gasteiger partial charge is 0.352 e. The van der Waals surface area contributed by atoms with Crippen LogP contribution in [-0.2, 0) is 32.6 Å². The Morgan fingerprint density at radius 3 is 2.17 bits per heavy atom. The molecular formula is C38H42FN3O4S. The number of nitrogens with zero attached hydrogens (tertiary/aromatic N) is 2. The highest BCUT2D eigenvalue weighted by atomic mass is 32.2. The molecule has 1 saturated carbocycles. The Hall–Kier alpha value is -4.50. The van der Waals surface area contributed by atoms with Crippen LogP contribution in [0, 0.1) is 19.7 Å². The summed E-state index contributed by atoms with van der Waals surface area (Å²) in [6.07, 6.45) is 5.00. The van der Waals surface area contributed by atoms with E-state index in [1.165, 1.54) is 23.1 Å². The Bertz CT molecular complexity index is 1780. The zero-order chi connectivity index (χ0) is 33.4. The molecule has 246 valence electrons. The normalized spacial score (nSPS) is 14.3. The van der Waals surface area contributed by atoms with Crippen molar-refractivity contribution in [2.75, 3.05) is 10.8 Å². The van der Waals surface area contributed by atoms with Gasteiger partial charge in [0.15, 0.2) is 0 Å². The maximum Gasteiger partial charge on any atom is 0.264 e. The highest BCUT2D eigenvalue weighted by Crippen LogP contribution is 2.29. The highest BCUT2D eigenvalue weighted by molar-refractivity contribution is 7.92. The monoisotopic (exact) mass is 655 g/mol. The third kappa shape index (κ3) is 8.46. The second kappa shape index (κ2) is 15.4. The molecule has 1 atom stereocenters. The van der Waals surface area contributed by atoms with Crippen LogP contribution in [0.15, 0.2) is 108 Å². The number of halogens is 1. The van der Waals surface area contributed by atoms with Gasteiger partial charge in [-0.3, -0.25) is 13.9 Å². The minimum Gasteiger partial charge on any atom is -0.352 e. The first-order chi connectivity index (χ1) is 22.6. The summed E-state index contributed by atoms with van der Waals surface area (Å²) in [6.45, 7) is 2.85. The van der Waals surface area contributed by atoms with Crippen LogP contribution in [0.1, 0.15) is 54.4 Å². The number of rotatable bonds is 12. The van der Waals surface area contributed by atoms with Crippen LogP contribution < -0.4 is 9.62 Å². The molecule has 0 saturated heterocycles. The summed E-state index contributed by atoms with van der Waals surface area (Å²) in [4.78, 5) is 30.2. The van der Waals surface area contributed by atoms with Gasteiger partial charge in [-0.1, -0.05) is 98.1 Å². The number of anilines is 1. The number of carbonyl (C=O) groups is 2. The SMILES string of the molecule is Cc1ccc(C)c(N(CC(=O)N(Cc2ccccc2F)[C@H](Cc2ccccc2)C(=O)NC2CCCCC2)S(=O)(=O)c2ccccc2)c1. The van der Waals surface area contributed by atoms with Crippen molar-refractivity contribution in [3.8, 4) is 0 Å². The summed E-state index contributed by atoms with van der Waals surface area (Å²) in [6, 6.07) is 27.9. The third-order valence-corrected chi connectivity index (χ3v) is 10.5. The highest BCUT2D eigenvalue weighted by Gasteiger charge is 2.36. The van der Waals surface area contributed by atoms with E-state index in [0.717, 1.165) is 47.5 Å². The lowest BCUT2D eigenvalue weighted by atomic mass is 9.94. The van der Waals surface area contributed by atoms with Crippen molar-refractivity contribution in [1.29, 1.82) is 0 Å². The Morgan fingerprint density at radius 1 is 0.851 bits per heavy atom. The summed E-state index contributed by atoms with van der Waals surface area (Å²) in [5.41, 5.74) is 2.90. The van der Waals surface area contributed by atoms with Crippen LogP contribution >= 0.6 is 0 Å². The summed E-state index contributed by atoms with van der Waals surface area (Å²) < 4.78 is 44.8. The summed E-state index contributed by atoms with van der Waals surface area (Å²) in [5, 5.41) is 3.17. The first kappa shape index (κ1) is 33.9. The number of hydrogen-bond acceptors (Lipinski definition) is 4. The fourth-order valence-electron chi connectivity index (χ4n) is 6.13. The van der Waals surface area contributed by atoms with Crippen LogP contribution in [0.3, 0.4) is 0 Å². The molecule has 47 heavy (non-hydrogen) atoms. The van der Waals surface area contributed by atoms with E-state index in [4.69, 9.17) is 0 Å². The van der Waals surface area contributed by atoms with Gasteiger partial charge >= 0.3 is 0 Å². The van der Waals surface area contributed by atoms with Crippen molar-refractivity contribution in [3.63, 3.8) is 0 Å². The average Bonchev–Trinajstić information content (AvgIpc) is 3.08. The molecule has 7 nitrogen and oxygen atoms in total. The van der Waals surface area contributed by atoms with E-state index >= 15 is 4.39 Å². The van der Waals surface area contributed by atoms with Crippen molar-refractivity contribution in [2.45, 2.75) is 75.9 Å². The molecule has 1 aliphatic rings. The standard InChI is InChI=1S/C38H42FN3O4S/c1-28-22-23-29(2)35(24-28)42(47(45,46)33-19-10-5-11-20-33)27-37(43)41(26-31-16-12-13-21-34(31)39)36(25-30-14-6-3-7-15-30)38(44)40-32-17-8-4-9-18-32/h3,5-7,10-16,19-24,32,36H,4,8-9,17-18,25-27H2,1-2H3,(H,40,44)/t36-/m1/s1. The maximum atomic E-state index is 15.2. The number of nitrogens with one attached hydrogen (secondary N) is 1. The molecule has 0 aromatic heterocycles. The number of benzene rings is 4. The van der Waals surface area contributed by atoms with Crippen molar-refractivity contribution in [2.24, 2.45) is 0 Å². The molecule has 4 aromatic rings. The Morgan fingerprint density at radius 2 is 1.49 bits per heavy atom. The van der Waals surface area contributed by atoms with Gasteiger partial charge in [-0.05, 0) is 67.6 Å². The summed E-state index contributed by atoms with van der Waals surface area (Å²) in [5.74, 6) is -1.47. The number of sulfonamides is 1. The van der Waals surface area contributed by atoms with Crippen molar-refractivity contribution >= 4 is 27.5 Å². The topological polar surface area (TPSA) is 86.8 Å². The molecule has 0 bridgehead atoms. The predicted octanol–water partition coefficient (Wildman–Crippen LogP) is 6.73. The lowest BCUT2D eigenvalue weighted by molar-refractivity contribution is -0.140. The van der Waals surface area contributed by atoms with Gasteiger partial charge in [0.1, 0.15) is 18.4 Å². The molecule has 0 unspecified atom stereocenters. The van der Waals surface area contributed by atoms with Gasteiger partial charge in [0, 0.05) is 24.6 Å². The van der Waals surface area contributed by atoms with Gasteiger partial charge in [-0.25, -0.2) is 12.8 Å². The van der Waals surface area contributed by atoms with E-state index in [-0.39, 0.29) is 35.4 Å². The molecule has 1 N–H and O–H groups in total. The fourth-order valence-corrected chi connectivity index (χ4v) is 7.62. The van der Waals surface area contributed by atoms with Crippen LogP contribution in [0.2, 0.25) is 0 Å². The number of aryl methyl sites for hydroxylation is 2. The molecule has 1 fully saturated rings. The van der Waals surface area contributed by atoms with E-state index in [9.17, 15) is 18.0 Å². The van der Waals surface area contributed by atoms with Crippen molar-refractivity contribution in [1.82, 2.24) is 10.2 Å². The zero-order valence-electron chi connectivity index (χ0n) is 26.9. The third-order valence-electron chi connectivity index (χ3n) is 8.76. The van der Waals surface area contributed by atoms with E-state index < -0.39 is 34.3 Å². The number of amides is 2. The second-order valence-corrected chi connectivity index (χ2v) is 14.1. The number of carbonyl (C=O) groups excluding carboxylic acids is 2. The van der Waals surface area contributed by atoms with Crippen molar-refractivity contribution < 1.29 is 22.4 Å². The van der Waals surface area contributed by atoms with Crippen LogP contribution in [0.25, 0.3) is 0 Å². The van der Waals surface area contributed by atoms with E-state index in [0.29, 0.717) is 11.3 Å². The molecule has 9 heteroatoms. The molecule has 0 spiro atoms. The molecule has 0 heterocycles. The molecule has 0 aliphatic heterocycles. The minimum atomic E-state index is -4.22. The molecule has 5 rings (SSSR count). The molecule has 1 aliphatic carbocycles. The minimum absolute atomic E-state index is 0.0233. The number of hydrogen-bond donors (Lipinski definition) is 1. The Labute approximate surface area is 277 Å². The van der Waals surface area contributed by atoms with Crippen LogP contribution in [-0.4, -0.2) is 43.8 Å². The van der Waals surface area contributed by atoms with Gasteiger partial charge < -0.3 is 10.2 Å². The lowest BCUT2D eigenvalue weighted by Crippen LogP contribution is -2.55.